The van der Waals surface area contributed by atoms with Crippen molar-refractivity contribution in [1.82, 2.24) is 0 Å². The number of nitrogens with zero attached hydrogens (tertiary/aromatic N) is 1. The molecule has 0 aliphatic heterocycles. The van der Waals surface area contributed by atoms with Gasteiger partial charge in [-0.05, 0) is 83.6 Å². The summed E-state index contributed by atoms with van der Waals surface area (Å²) >= 11 is 0. The zero-order valence-corrected chi connectivity index (χ0v) is 23.5. The van der Waals surface area contributed by atoms with Crippen molar-refractivity contribution in [2.75, 3.05) is 4.90 Å². The smallest absolute Gasteiger partial charge is 0.137 e. The summed E-state index contributed by atoms with van der Waals surface area (Å²) < 4.78 is 19.0. The van der Waals surface area contributed by atoms with E-state index in [1.165, 1.54) is 0 Å². The van der Waals surface area contributed by atoms with E-state index in [2.05, 4.69) is 108 Å². The summed E-state index contributed by atoms with van der Waals surface area (Å²) in [5.41, 5.74) is 8.35. The zero-order chi connectivity index (χ0) is 28.8. The molecule has 0 aliphatic carbocycles. The summed E-state index contributed by atoms with van der Waals surface area (Å²) in [4.78, 5) is 2.29. The maximum Gasteiger partial charge on any atom is 0.137 e. The first-order valence-electron chi connectivity index (χ1n) is 14.8. The topological polar surface area (TPSA) is 42.7 Å². The lowest BCUT2D eigenvalue weighted by molar-refractivity contribution is 0.668. The Morgan fingerprint density at radius 2 is 0.841 bits per heavy atom. The number of fused-ring (bicyclic) bond motifs is 12. The molecule has 44 heavy (non-hydrogen) atoms. The standard InChI is InChI=1S/C40H23NO3/c1-2-9-24(10-3-1)41(31-13-8-16-34-40(31)29-12-5-7-15-33(29)42-34)25-17-18-30-37(23-25)44-36-22-20-26-27(39(30)36)19-21-35-38(26)28-11-4-6-14-32(28)43-35/h1-23H. The summed E-state index contributed by atoms with van der Waals surface area (Å²) in [6, 6.07) is 48.2. The van der Waals surface area contributed by atoms with Gasteiger partial charge in [0, 0.05) is 44.4 Å². The van der Waals surface area contributed by atoms with Gasteiger partial charge in [-0.15, -0.1) is 0 Å². The van der Waals surface area contributed by atoms with Crippen LogP contribution in [0.4, 0.5) is 17.1 Å². The third kappa shape index (κ3) is 3.22. The fourth-order valence-electron chi connectivity index (χ4n) is 6.98. The van der Waals surface area contributed by atoms with E-state index in [-0.39, 0.29) is 0 Å². The van der Waals surface area contributed by atoms with Crippen LogP contribution < -0.4 is 4.90 Å². The molecule has 0 saturated heterocycles. The average molecular weight is 566 g/mol. The van der Waals surface area contributed by atoms with Crippen molar-refractivity contribution in [2.45, 2.75) is 0 Å². The van der Waals surface area contributed by atoms with E-state index in [0.717, 1.165) is 93.7 Å². The minimum Gasteiger partial charge on any atom is -0.456 e. The zero-order valence-electron chi connectivity index (χ0n) is 23.5. The number of rotatable bonds is 3. The molecule has 4 nitrogen and oxygen atoms in total. The Labute approximate surface area is 250 Å². The lowest BCUT2D eigenvalue weighted by atomic mass is 9.99. The van der Waals surface area contributed by atoms with E-state index in [1.54, 1.807) is 0 Å². The van der Waals surface area contributed by atoms with Crippen molar-refractivity contribution < 1.29 is 13.3 Å². The molecule has 3 aromatic heterocycles. The van der Waals surface area contributed by atoms with Crippen molar-refractivity contribution in [3.05, 3.63) is 140 Å². The molecule has 3 heterocycles. The summed E-state index contributed by atoms with van der Waals surface area (Å²) in [7, 11) is 0. The maximum atomic E-state index is 6.58. The molecule has 0 atom stereocenters. The summed E-state index contributed by atoms with van der Waals surface area (Å²) in [5.74, 6) is 0. The highest BCUT2D eigenvalue weighted by Crippen LogP contribution is 2.45. The Bertz CT molecular complexity index is 2730. The predicted octanol–water partition coefficient (Wildman–Crippen LogP) is 12.0. The number of furan rings is 3. The summed E-state index contributed by atoms with van der Waals surface area (Å²) in [6.07, 6.45) is 0. The molecule has 10 aromatic rings. The number of para-hydroxylation sites is 3. The highest BCUT2D eigenvalue weighted by Gasteiger charge is 2.21. The van der Waals surface area contributed by atoms with Gasteiger partial charge in [0.25, 0.3) is 0 Å². The van der Waals surface area contributed by atoms with Gasteiger partial charge in [0.1, 0.15) is 33.5 Å². The molecule has 0 N–H and O–H groups in total. The molecule has 0 aliphatic rings. The fourth-order valence-corrected chi connectivity index (χ4v) is 6.98. The number of anilines is 3. The Balaban J connectivity index is 1.23. The monoisotopic (exact) mass is 565 g/mol. The van der Waals surface area contributed by atoms with Gasteiger partial charge in [-0.2, -0.15) is 0 Å². The molecule has 0 saturated carbocycles. The van der Waals surface area contributed by atoms with Crippen LogP contribution in [0.25, 0.3) is 76.6 Å². The summed E-state index contributed by atoms with van der Waals surface area (Å²) in [5, 5.41) is 8.96. The van der Waals surface area contributed by atoms with Crippen LogP contribution in [-0.4, -0.2) is 0 Å². The van der Waals surface area contributed by atoms with Crippen molar-refractivity contribution in [2.24, 2.45) is 0 Å². The Hall–Kier alpha value is -6.00. The molecule has 0 spiro atoms. The van der Waals surface area contributed by atoms with Crippen LogP contribution in [-0.2, 0) is 0 Å². The van der Waals surface area contributed by atoms with Gasteiger partial charge in [-0.1, -0.05) is 60.7 Å². The van der Waals surface area contributed by atoms with E-state index in [1.807, 2.05) is 36.4 Å². The van der Waals surface area contributed by atoms with Crippen LogP contribution in [0.5, 0.6) is 0 Å². The number of hydrogen-bond acceptors (Lipinski definition) is 4. The first-order valence-corrected chi connectivity index (χ1v) is 14.8. The summed E-state index contributed by atoms with van der Waals surface area (Å²) in [6.45, 7) is 0. The van der Waals surface area contributed by atoms with Crippen molar-refractivity contribution in [3.63, 3.8) is 0 Å². The Morgan fingerprint density at radius 3 is 1.55 bits per heavy atom. The van der Waals surface area contributed by atoms with Crippen molar-refractivity contribution in [1.29, 1.82) is 0 Å². The van der Waals surface area contributed by atoms with Crippen LogP contribution in [0.3, 0.4) is 0 Å². The Kier molecular flexibility index (Phi) is 4.69. The molecule has 0 bridgehead atoms. The first-order chi connectivity index (χ1) is 21.8. The minimum absolute atomic E-state index is 0.840. The maximum absolute atomic E-state index is 6.58. The lowest BCUT2D eigenvalue weighted by Crippen LogP contribution is -2.10. The predicted molar refractivity (Wildman–Crippen MR) is 180 cm³/mol. The largest absolute Gasteiger partial charge is 0.456 e. The average Bonchev–Trinajstić information content (AvgIpc) is 3.76. The molecule has 0 fully saturated rings. The molecule has 4 heteroatoms. The van der Waals surface area contributed by atoms with E-state index in [9.17, 15) is 0 Å². The van der Waals surface area contributed by atoms with Gasteiger partial charge in [-0.25, -0.2) is 0 Å². The van der Waals surface area contributed by atoms with Crippen molar-refractivity contribution >= 4 is 93.7 Å². The third-order valence-corrected chi connectivity index (χ3v) is 8.85. The van der Waals surface area contributed by atoms with Crippen molar-refractivity contribution in [3.8, 4) is 0 Å². The molecule has 7 aromatic carbocycles. The SMILES string of the molecule is c1ccc(N(c2ccc3c(c2)oc2ccc4c(ccc5oc6ccccc6c54)c23)c2cccc3oc4ccccc4c23)cc1. The van der Waals surface area contributed by atoms with E-state index in [0.29, 0.717) is 0 Å². The van der Waals surface area contributed by atoms with Crippen LogP contribution in [0.15, 0.2) is 153 Å². The second-order valence-electron chi connectivity index (χ2n) is 11.3. The third-order valence-electron chi connectivity index (χ3n) is 8.85. The minimum atomic E-state index is 0.840. The number of benzene rings is 7. The van der Waals surface area contributed by atoms with Gasteiger partial charge in [-0.3, -0.25) is 0 Å². The number of hydrogen-bond donors (Lipinski definition) is 0. The van der Waals surface area contributed by atoms with E-state index in [4.69, 9.17) is 13.3 Å². The fraction of sp³-hybridized carbons (Fsp3) is 0. The van der Waals surface area contributed by atoms with Gasteiger partial charge < -0.3 is 18.2 Å². The lowest BCUT2D eigenvalue weighted by Gasteiger charge is -2.26. The van der Waals surface area contributed by atoms with Gasteiger partial charge >= 0.3 is 0 Å². The van der Waals surface area contributed by atoms with Gasteiger partial charge in [0.15, 0.2) is 0 Å². The quantitative estimate of drug-likeness (QED) is 0.214. The molecule has 0 unspecified atom stereocenters. The van der Waals surface area contributed by atoms with Crippen LogP contribution in [0, 0.1) is 0 Å². The van der Waals surface area contributed by atoms with Gasteiger partial charge in [0.2, 0.25) is 0 Å². The van der Waals surface area contributed by atoms with E-state index < -0.39 is 0 Å². The highest BCUT2D eigenvalue weighted by atomic mass is 16.3. The molecule has 0 radical (unpaired) electrons. The molecular weight excluding hydrogens is 542 g/mol. The Morgan fingerprint density at radius 1 is 0.318 bits per heavy atom. The second-order valence-corrected chi connectivity index (χ2v) is 11.3. The van der Waals surface area contributed by atoms with E-state index >= 15 is 0 Å². The molecule has 10 rings (SSSR count). The molecular formula is C40H23NO3. The van der Waals surface area contributed by atoms with Crippen LogP contribution in [0.2, 0.25) is 0 Å². The normalized spacial score (nSPS) is 12.1. The first kappa shape index (κ1) is 23.6. The van der Waals surface area contributed by atoms with Crippen LogP contribution >= 0.6 is 0 Å². The molecule has 206 valence electrons. The van der Waals surface area contributed by atoms with Gasteiger partial charge in [0.05, 0.1) is 11.1 Å². The second kappa shape index (κ2) is 8.76. The highest BCUT2D eigenvalue weighted by molar-refractivity contribution is 6.27. The molecule has 0 amide bonds. The van der Waals surface area contributed by atoms with Crippen LogP contribution in [0.1, 0.15) is 0 Å².